The predicted octanol–water partition coefficient (Wildman–Crippen LogP) is 1.33. The van der Waals surface area contributed by atoms with E-state index >= 15 is 0 Å². The number of ether oxygens (including phenoxy) is 1. The number of rotatable bonds is 7. The van der Waals surface area contributed by atoms with E-state index in [1.165, 1.54) is 0 Å². The highest BCUT2D eigenvalue weighted by Gasteiger charge is 2.53. The Balaban J connectivity index is 2.15. The minimum absolute atomic E-state index is 0.0955. The van der Waals surface area contributed by atoms with Crippen molar-refractivity contribution in [3.05, 3.63) is 0 Å². The number of hydrogen-bond acceptors (Lipinski definition) is 4. The van der Waals surface area contributed by atoms with Crippen LogP contribution in [0.4, 0.5) is 0 Å². The van der Waals surface area contributed by atoms with Crippen LogP contribution < -0.4 is 5.32 Å². The zero-order chi connectivity index (χ0) is 14.8. The van der Waals surface area contributed by atoms with Gasteiger partial charge in [-0.05, 0) is 45.6 Å². The van der Waals surface area contributed by atoms with Gasteiger partial charge in [0, 0.05) is 18.6 Å². The van der Waals surface area contributed by atoms with Crippen molar-refractivity contribution >= 4 is 5.97 Å². The third-order valence-corrected chi connectivity index (χ3v) is 4.60. The van der Waals surface area contributed by atoms with Gasteiger partial charge in [-0.25, -0.2) is 0 Å². The molecule has 1 saturated heterocycles. The molecule has 2 rings (SSSR count). The van der Waals surface area contributed by atoms with Crippen molar-refractivity contribution in [1.29, 1.82) is 0 Å². The molecule has 0 bridgehead atoms. The van der Waals surface area contributed by atoms with Gasteiger partial charge in [-0.15, -0.1) is 0 Å². The summed E-state index contributed by atoms with van der Waals surface area (Å²) in [7, 11) is 0. The van der Waals surface area contributed by atoms with Gasteiger partial charge >= 0.3 is 5.97 Å². The highest BCUT2D eigenvalue weighted by molar-refractivity contribution is 5.80. The molecule has 2 N–H and O–H groups in total. The molecule has 5 nitrogen and oxygen atoms in total. The van der Waals surface area contributed by atoms with Crippen LogP contribution in [0.25, 0.3) is 0 Å². The molecule has 1 unspecified atom stereocenters. The molecule has 2 fully saturated rings. The van der Waals surface area contributed by atoms with Crippen molar-refractivity contribution in [3.63, 3.8) is 0 Å². The topological polar surface area (TPSA) is 61.8 Å². The first kappa shape index (κ1) is 15.7. The van der Waals surface area contributed by atoms with Crippen molar-refractivity contribution in [2.75, 3.05) is 32.8 Å². The van der Waals surface area contributed by atoms with Crippen molar-refractivity contribution in [2.45, 2.75) is 51.1 Å². The third-order valence-electron chi connectivity index (χ3n) is 4.60. The molecular weight excluding hydrogens is 256 g/mol. The van der Waals surface area contributed by atoms with Crippen LogP contribution in [-0.4, -0.2) is 59.9 Å². The average molecular weight is 284 g/mol. The maximum Gasteiger partial charge on any atom is 0.325 e. The molecule has 1 aliphatic carbocycles. The van der Waals surface area contributed by atoms with E-state index in [1.807, 2.05) is 0 Å². The average Bonchev–Trinajstić information content (AvgIpc) is 3.20. The normalized spacial score (nSPS) is 26.1. The molecule has 0 amide bonds. The fourth-order valence-corrected chi connectivity index (χ4v) is 3.06. The first-order valence-electron chi connectivity index (χ1n) is 7.73. The third kappa shape index (κ3) is 3.15. The largest absolute Gasteiger partial charge is 0.480 e. The van der Waals surface area contributed by atoms with E-state index in [2.05, 4.69) is 31.0 Å². The molecule has 1 heterocycles. The zero-order valence-electron chi connectivity index (χ0n) is 12.9. The summed E-state index contributed by atoms with van der Waals surface area (Å²) in [4.78, 5) is 14.3. The summed E-state index contributed by atoms with van der Waals surface area (Å²) in [6.45, 7) is 9.83. The lowest BCUT2D eigenvalue weighted by Crippen LogP contribution is -2.65. The van der Waals surface area contributed by atoms with Crippen molar-refractivity contribution in [2.24, 2.45) is 5.92 Å². The van der Waals surface area contributed by atoms with Gasteiger partial charge in [0.05, 0.1) is 13.2 Å². The number of nitrogens with zero attached hydrogens (tertiary/aromatic N) is 1. The van der Waals surface area contributed by atoms with Crippen LogP contribution in [0.2, 0.25) is 0 Å². The Morgan fingerprint density at radius 3 is 2.70 bits per heavy atom. The van der Waals surface area contributed by atoms with E-state index in [0.717, 1.165) is 32.4 Å². The molecule has 0 aromatic heterocycles. The Bertz CT molecular complexity index is 355. The SMILES string of the molecule is CCCNC(CN1CCOCC1(C)C)(C(=O)O)C1CC1. The van der Waals surface area contributed by atoms with E-state index in [1.54, 1.807) is 0 Å². The second kappa shape index (κ2) is 6.00. The van der Waals surface area contributed by atoms with Crippen molar-refractivity contribution < 1.29 is 14.6 Å². The summed E-state index contributed by atoms with van der Waals surface area (Å²) in [6, 6.07) is 0. The highest BCUT2D eigenvalue weighted by Crippen LogP contribution is 2.41. The van der Waals surface area contributed by atoms with Crippen molar-refractivity contribution in [3.8, 4) is 0 Å². The van der Waals surface area contributed by atoms with E-state index in [-0.39, 0.29) is 11.5 Å². The maximum absolute atomic E-state index is 12.0. The molecule has 1 aliphatic heterocycles. The van der Waals surface area contributed by atoms with Gasteiger partial charge in [-0.2, -0.15) is 0 Å². The molecule has 0 radical (unpaired) electrons. The molecule has 1 atom stereocenters. The fourth-order valence-electron chi connectivity index (χ4n) is 3.06. The number of aliphatic carboxylic acids is 1. The number of hydrogen-bond donors (Lipinski definition) is 2. The monoisotopic (exact) mass is 284 g/mol. The summed E-state index contributed by atoms with van der Waals surface area (Å²) >= 11 is 0. The number of carboxylic acids is 1. The molecule has 0 aromatic rings. The Morgan fingerprint density at radius 1 is 1.50 bits per heavy atom. The number of carboxylic acid groups (broad SMARTS) is 1. The van der Waals surface area contributed by atoms with E-state index in [9.17, 15) is 9.90 Å². The van der Waals surface area contributed by atoms with Gasteiger partial charge in [0.25, 0.3) is 0 Å². The fraction of sp³-hybridized carbons (Fsp3) is 0.933. The van der Waals surface area contributed by atoms with Crippen LogP contribution in [0, 0.1) is 5.92 Å². The molecule has 5 heteroatoms. The Morgan fingerprint density at radius 2 is 2.20 bits per heavy atom. The predicted molar refractivity (Wildman–Crippen MR) is 77.9 cm³/mol. The zero-order valence-corrected chi connectivity index (χ0v) is 12.9. The second-order valence-corrected chi connectivity index (χ2v) is 6.76. The lowest BCUT2D eigenvalue weighted by Gasteiger charge is -2.46. The second-order valence-electron chi connectivity index (χ2n) is 6.76. The Labute approximate surface area is 121 Å². The van der Waals surface area contributed by atoms with Crippen LogP contribution >= 0.6 is 0 Å². The van der Waals surface area contributed by atoms with Gasteiger partial charge < -0.3 is 15.2 Å². The molecule has 1 saturated carbocycles. The first-order chi connectivity index (χ1) is 9.42. The van der Waals surface area contributed by atoms with Gasteiger partial charge in [-0.1, -0.05) is 6.92 Å². The summed E-state index contributed by atoms with van der Waals surface area (Å²) < 4.78 is 5.54. The van der Waals surface area contributed by atoms with Crippen LogP contribution in [0.5, 0.6) is 0 Å². The lowest BCUT2D eigenvalue weighted by molar-refractivity contribution is -0.149. The highest BCUT2D eigenvalue weighted by atomic mass is 16.5. The molecule has 20 heavy (non-hydrogen) atoms. The number of morpholine rings is 1. The van der Waals surface area contributed by atoms with Gasteiger partial charge in [-0.3, -0.25) is 9.69 Å². The molecule has 0 aromatic carbocycles. The van der Waals surface area contributed by atoms with E-state index < -0.39 is 11.5 Å². The van der Waals surface area contributed by atoms with Gasteiger partial charge in [0.2, 0.25) is 0 Å². The molecule has 2 aliphatic rings. The van der Waals surface area contributed by atoms with Gasteiger partial charge in [0.15, 0.2) is 0 Å². The summed E-state index contributed by atoms with van der Waals surface area (Å²) in [6.07, 6.45) is 3.00. The Kier molecular flexibility index (Phi) is 4.72. The summed E-state index contributed by atoms with van der Waals surface area (Å²) in [5, 5.41) is 13.2. The van der Waals surface area contributed by atoms with Crippen LogP contribution in [-0.2, 0) is 9.53 Å². The maximum atomic E-state index is 12.0. The Hall–Kier alpha value is -0.650. The van der Waals surface area contributed by atoms with Crippen LogP contribution in [0.1, 0.15) is 40.0 Å². The van der Waals surface area contributed by atoms with Crippen LogP contribution in [0.3, 0.4) is 0 Å². The summed E-state index contributed by atoms with van der Waals surface area (Å²) in [5.41, 5.74) is -0.883. The number of nitrogens with one attached hydrogen (secondary N) is 1. The minimum atomic E-state index is -0.787. The summed E-state index contributed by atoms with van der Waals surface area (Å²) in [5.74, 6) is -0.430. The molecule has 116 valence electrons. The minimum Gasteiger partial charge on any atom is -0.480 e. The smallest absolute Gasteiger partial charge is 0.325 e. The van der Waals surface area contributed by atoms with E-state index in [4.69, 9.17) is 4.74 Å². The quantitative estimate of drug-likeness (QED) is 0.738. The first-order valence-corrected chi connectivity index (χ1v) is 7.73. The molecular formula is C15H28N2O3. The van der Waals surface area contributed by atoms with Crippen LogP contribution in [0.15, 0.2) is 0 Å². The standard InChI is InChI=1S/C15H28N2O3/c1-4-7-16-15(13(18)19,12-5-6-12)10-17-8-9-20-11-14(17,2)3/h12,16H,4-11H2,1-3H3,(H,18,19). The lowest BCUT2D eigenvalue weighted by atomic mass is 9.89. The van der Waals surface area contributed by atoms with Crippen molar-refractivity contribution in [1.82, 2.24) is 10.2 Å². The van der Waals surface area contributed by atoms with Gasteiger partial charge in [0.1, 0.15) is 5.54 Å². The number of carbonyl (C=O) groups is 1. The molecule has 0 spiro atoms. The van der Waals surface area contributed by atoms with E-state index in [0.29, 0.717) is 19.8 Å².